The molecule has 0 saturated carbocycles. The van der Waals surface area contributed by atoms with Crippen molar-refractivity contribution in [1.82, 2.24) is 9.97 Å². The van der Waals surface area contributed by atoms with Gasteiger partial charge in [-0.25, -0.2) is 9.97 Å². The molecule has 4 rings (SSSR count). The van der Waals surface area contributed by atoms with E-state index in [0.717, 1.165) is 39.2 Å². The third kappa shape index (κ3) is 3.41. The Morgan fingerprint density at radius 3 is 2.84 bits per heavy atom. The third-order valence-corrected chi connectivity index (χ3v) is 6.62. The van der Waals surface area contributed by atoms with Crippen LogP contribution >= 0.6 is 23.1 Å². The van der Waals surface area contributed by atoms with Gasteiger partial charge < -0.3 is 5.32 Å². The van der Waals surface area contributed by atoms with E-state index in [0.29, 0.717) is 0 Å². The normalized spacial score (nSPS) is 16.6. The maximum atomic E-state index is 11.1. The number of benzene rings is 1. The second kappa shape index (κ2) is 6.77. The van der Waals surface area contributed by atoms with Crippen molar-refractivity contribution in [2.75, 3.05) is 5.32 Å². The van der Waals surface area contributed by atoms with Crippen molar-refractivity contribution in [3.8, 4) is 0 Å². The highest BCUT2D eigenvalue weighted by Gasteiger charge is 2.23. The van der Waals surface area contributed by atoms with E-state index in [1.807, 2.05) is 35.6 Å². The smallest absolute Gasteiger partial charge is 0.221 e. The molecule has 2 heterocycles. The van der Waals surface area contributed by atoms with Gasteiger partial charge in [0, 0.05) is 27.8 Å². The Morgan fingerprint density at radius 2 is 2.08 bits per heavy atom. The van der Waals surface area contributed by atoms with E-state index in [1.54, 1.807) is 18.1 Å². The minimum absolute atomic E-state index is 0.0583. The molecule has 0 saturated heterocycles. The Labute approximate surface area is 155 Å². The average molecular weight is 370 g/mol. The predicted octanol–water partition coefficient (Wildman–Crippen LogP) is 4.93. The Bertz CT molecular complexity index is 934. The van der Waals surface area contributed by atoms with Crippen LogP contribution in [-0.2, 0) is 17.6 Å². The second-order valence-corrected chi connectivity index (χ2v) is 8.66. The maximum Gasteiger partial charge on any atom is 0.221 e. The fourth-order valence-electron chi connectivity index (χ4n) is 3.24. The van der Waals surface area contributed by atoms with Crippen LogP contribution in [0.1, 0.15) is 30.7 Å². The first kappa shape index (κ1) is 16.5. The van der Waals surface area contributed by atoms with E-state index in [2.05, 4.69) is 22.2 Å². The van der Waals surface area contributed by atoms with Gasteiger partial charge in [-0.15, -0.1) is 11.3 Å². The van der Waals surface area contributed by atoms with Gasteiger partial charge in [0.05, 0.1) is 0 Å². The summed E-state index contributed by atoms with van der Waals surface area (Å²) in [6.07, 6.45) is 5.19. The molecule has 0 spiro atoms. The molecule has 1 unspecified atom stereocenters. The lowest BCUT2D eigenvalue weighted by Crippen LogP contribution is -2.08. The van der Waals surface area contributed by atoms with E-state index >= 15 is 0 Å². The van der Waals surface area contributed by atoms with Gasteiger partial charge in [-0.3, -0.25) is 4.79 Å². The summed E-state index contributed by atoms with van der Waals surface area (Å²) in [7, 11) is 0. The molecule has 1 aliphatic carbocycles. The van der Waals surface area contributed by atoms with E-state index in [9.17, 15) is 4.79 Å². The highest BCUT2D eigenvalue weighted by molar-refractivity contribution is 7.99. The topological polar surface area (TPSA) is 54.9 Å². The van der Waals surface area contributed by atoms with Gasteiger partial charge in [0.25, 0.3) is 0 Å². The van der Waals surface area contributed by atoms with Gasteiger partial charge in [0.15, 0.2) is 0 Å². The van der Waals surface area contributed by atoms with E-state index in [4.69, 9.17) is 0 Å². The van der Waals surface area contributed by atoms with Crippen LogP contribution in [0.25, 0.3) is 10.2 Å². The molecule has 0 bridgehead atoms. The lowest BCUT2D eigenvalue weighted by atomic mass is 9.89. The van der Waals surface area contributed by atoms with Crippen LogP contribution in [0.15, 0.2) is 40.5 Å². The molecule has 0 fully saturated rings. The SMILES string of the molecule is CC(=O)Nc1ccc(Sc2ncnc3sc4c(c23)CCC(C)C4)cc1. The molecule has 1 N–H and O–H groups in total. The summed E-state index contributed by atoms with van der Waals surface area (Å²) >= 11 is 3.49. The fourth-order valence-corrected chi connectivity index (χ4v) is 5.58. The summed E-state index contributed by atoms with van der Waals surface area (Å²) in [6.45, 7) is 3.84. The molecule has 1 amide bonds. The Morgan fingerprint density at radius 1 is 1.28 bits per heavy atom. The van der Waals surface area contributed by atoms with Crippen LogP contribution in [0, 0.1) is 5.92 Å². The van der Waals surface area contributed by atoms with E-state index < -0.39 is 0 Å². The second-order valence-electron chi connectivity index (χ2n) is 6.52. The molecule has 3 aromatic rings. The first-order chi connectivity index (χ1) is 12.1. The molecule has 1 aromatic carbocycles. The predicted molar refractivity (Wildman–Crippen MR) is 103 cm³/mol. The van der Waals surface area contributed by atoms with Gasteiger partial charge >= 0.3 is 0 Å². The number of nitrogens with zero attached hydrogens (tertiary/aromatic N) is 2. The number of hydrogen-bond acceptors (Lipinski definition) is 5. The minimum Gasteiger partial charge on any atom is -0.326 e. The zero-order valence-electron chi connectivity index (χ0n) is 14.2. The maximum absolute atomic E-state index is 11.1. The number of thiophene rings is 1. The molecule has 25 heavy (non-hydrogen) atoms. The number of rotatable bonds is 3. The highest BCUT2D eigenvalue weighted by Crippen LogP contribution is 2.42. The van der Waals surface area contributed by atoms with Crippen molar-refractivity contribution < 1.29 is 4.79 Å². The van der Waals surface area contributed by atoms with Crippen LogP contribution in [0.4, 0.5) is 5.69 Å². The van der Waals surface area contributed by atoms with Crippen molar-refractivity contribution in [3.05, 3.63) is 41.0 Å². The fraction of sp³-hybridized carbons (Fsp3) is 0.316. The number of carbonyl (C=O) groups excluding carboxylic acids is 1. The lowest BCUT2D eigenvalue weighted by Gasteiger charge is -2.18. The number of aryl methyl sites for hydroxylation is 1. The van der Waals surface area contributed by atoms with Crippen LogP contribution in [-0.4, -0.2) is 15.9 Å². The highest BCUT2D eigenvalue weighted by atomic mass is 32.2. The van der Waals surface area contributed by atoms with E-state index in [1.165, 1.54) is 29.2 Å². The van der Waals surface area contributed by atoms with Crippen molar-refractivity contribution in [3.63, 3.8) is 0 Å². The van der Waals surface area contributed by atoms with E-state index in [-0.39, 0.29) is 5.91 Å². The molecule has 128 valence electrons. The third-order valence-electron chi connectivity index (χ3n) is 4.45. The number of amides is 1. The summed E-state index contributed by atoms with van der Waals surface area (Å²) in [5.41, 5.74) is 2.27. The van der Waals surface area contributed by atoms with Crippen LogP contribution < -0.4 is 5.32 Å². The molecular formula is C19H19N3OS2. The number of anilines is 1. The minimum atomic E-state index is -0.0583. The van der Waals surface area contributed by atoms with Crippen molar-refractivity contribution in [2.45, 2.75) is 43.0 Å². The van der Waals surface area contributed by atoms with Crippen molar-refractivity contribution in [2.24, 2.45) is 5.92 Å². The zero-order chi connectivity index (χ0) is 17.4. The molecule has 4 nitrogen and oxygen atoms in total. The van der Waals surface area contributed by atoms with Gasteiger partial charge in [-0.05, 0) is 55.0 Å². The number of hydrogen-bond donors (Lipinski definition) is 1. The summed E-state index contributed by atoms with van der Waals surface area (Å²) in [5, 5.41) is 5.07. The Hall–Kier alpha value is -1.92. The van der Waals surface area contributed by atoms with Gasteiger partial charge in [0.2, 0.25) is 5.91 Å². The molecule has 1 atom stereocenters. The Balaban J connectivity index is 1.66. The molecular weight excluding hydrogens is 350 g/mol. The van der Waals surface area contributed by atoms with Gasteiger partial charge in [0.1, 0.15) is 16.2 Å². The Kier molecular flexibility index (Phi) is 4.48. The van der Waals surface area contributed by atoms with Crippen LogP contribution in [0.2, 0.25) is 0 Å². The lowest BCUT2D eigenvalue weighted by molar-refractivity contribution is -0.114. The average Bonchev–Trinajstić information content (AvgIpc) is 2.94. The molecule has 0 radical (unpaired) electrons. The molecule has 2 aromatic heterocycles. The molecule has 0 aliphatic heterocycles. The van der Waals surface area contributed by atoms with Crippen molar-refractivity contribution in [1.29, 1.82) is 0 Å². The van der Waals surface area contributed by atoms with Crippen LogP contribution in [0.5, 0.6) is 0 Å². The quantitative estimate of drug-likeness (QED) is 0.665. The summed E-state index contributed by atoms with van der Waals surface area (Å²) in [6, 6.07) is 7.88. The first-order valence-corrected chi connectivity index (χ1v) is 10.0. The summed E-state index contributed by atoms with van der Waals surface area (Å²) in [4.78, 5) is 23.9. The first-order valence-electron chi connectivity index (χ1n) is 8.41. The largest absolute Gasteiger partial charge is 0.326 e. The molecule has 6 heteroatoms. The monoisotopic (exact) mass is 369 g/mol. The number of aromatic nitrogens is 2. The van der Waals surface area contributed by atoms with Gasteiger partial charge in [-0.2, -0.15) is 0 Å². The van der Waals surface area contributed by atoms with Crippen molar-refractivity contribution >= 4 is 44.9 Å². The zero-order valence-corrected chi connectivity index (χ0v) is 15.8. The van der Waals surface area contributed by atoms with Crippen LogP contribution in [0.3, 0.4) is 0 Å². The standard InChI is InChI=1S/C19H19N3OS2/c1-11-3-8-15-16(9-11)25-19-17(15)18(20-10-21-19)24-14-6-4-13(5-7-14)22-12(2)23/h4-7,10-11H,3,8-9H2,1-2H3,(H,22,23). The number of nitrogens with one attached hydrogen (secondary N) is 1. The van der Waals surface area contributed by atoms with Gasteiger partial charge in [-0.1, -0.05) is 18.7 Å². The summed E-state index contributed by atoms with van der Waals surface area (Å²) in [5.74, 6) is 0.697. The summed E-state index contributed by atoms with van der Waals surface area (Å²) < 4.78 is 0. The number of fused-ring (bicyclic) bond motifs is 3. The molecule has 1 aliphatic rings. The number of carbonyl (C=O) groups is 1.